The number of pyridine rings is 1. The van der Waals surface area contributed by atoms with Gasteiger partial charge in [0.2, 0.25) is 5.82 Å². The predicted molar refractivity (Wildman–Crippen MR) is 107 cm³/mol. The Morgan fingerprint density at radius 2 is 1.76 bits per heavy atom. The van der Waals surface area contributed by atoms with Gasteiger partial charge in [0, 0.05) is 11.6 Å². The quantitative estimate of drug-likeness (QED) is 0.480. The lowest BCUT2D eigenvalue weighted by Gasteiger charge is -2.06. The Balaban J connectivity index is 1.45. The largest absolute Gasteiger partial charge is 0.451 e. The highest BCUT2D eigenvalue weighted by Gasteiger charge is 2.18. The molecule has 0 fully saturated rings. The Bertz CT molecular complexity index is 1270. The Labute approximate surface area is 165 Å². The number of nitrogens with zero attached hydrogens (tertiary/aromatic N) is 3. The van der Waals surface area contributed by atoms with Crippen LogP contribution in [-0.2, 0) is 0 Å². The van der Waals surface area contributed by atoms with Crippen molar-refractivity contribution < 1.29 is 13.7 Å². The summed E-state index contributed by atoms with van der Waals surface area (Å²) >= 11 is 0. The first-order valence-corrected chi connectivity index (χ1v) is 8.92. The van der Waals surface area contributed by atoms with E-state index < -0.39 is 0 Å². The molecular formula is C22H14N4O3. The zero-order valence-corrected chi connectivity index (χ0v) is 15.1. The lowest BCUT2D eigenvalue weighted by Crippen LogP contribution is -2.11. The normalized spacial score (nSPS) is 10.9. The molecule has 140 valence electrons. The molecule has 0 saturated heterocycles. The molecule has 0 radical (unpaired) electrons. The highest BCUT2D eigenvalue weighted by molar-refractivity contribution is 6.06. The Morgan fingerprint density at radius 3 is 2.62 bits per heavy atom. The number of aromatic nitrogens is 3. The fourth-order valence-electron chi connectivity index (χ4n) is 2.99. The Kier molecular flexibility index (Phi) is 4.10. The van der Waals surface area contributed by atoms with Gasteiger partial charge in [-0.2, -0.15) is 4.98 Å². The molecule has 2 aromatic carbocycles. The van der Waals surface area contributed by atoms with E-state index in [4.69, 9.17) is 8.94 Å². The van der Waals surface area contributed by atoms with Gasteiger partial charge in [0.1, 0.15) is 11.3 Å². The summed E-state index contributed by atoms with van der Waals surface area (Å²) in [6.07, 6.45) is 1.66. The summed E-state index contributed by atoms with van der Waals surface area (Å²) in [5.74, 6) is 0.518. The van der Waals surface area contributed by atoms with Crippen molar-refractivity contribution in [2.24, 2.45) is 0 Å². The van der Waals surface area contributed by atoms with Crippen molar-refractivity contribution in [2.75, 3.05) is 5.32 Å². The molecule has 3 aromatic heterocycles. The summed E-state index contributed by atoms with van der Waals surface area (Å²) in [4.78, 5) is 21.3. The molecule has 0 aliphatic heterocycles. The van der Waals surface area contributed by atoms with E-state index in [1.165, 1.54) is 0 Å². The van der Waals surface area contributed by atoms with Crippen LogP contribution in [0.3, 0.4) is 0 Å². The second kappa shape index (κ2) is 7.05. The van der Waals surface area contributed by atoms with Crippen LogP contribution in [0.4, 0.5) is 5.69 Å². The topological polar surface area (TPSA) is 94.1 Å². The summed E-state index contributed by atoms with van der Waals surface area (Å²) in [5, 5.41) is 7.71. The highest BCUT2D eigenvalue weighted by Crippen LogP contribution is 2.29. The van der Waals surface area contributed by atoms with Crippen molar-refractivity contribution in [1.29, 1.82) is 0 Å². The van der Waals surface area contributed by atoms with Gasteiger partial charge in [-0.25, -0.2) is 0 Å². The molecule has 5 aromatic rings. The molecule has 1 N–H and O–H groups in total. The molecule has 0 unspecified atom stereocenters. The summed E-state index contributed by atoms with van der Waals surface area (Å²) in [5.41, 5.74) is 2.40. The summed E-state index contributed by atoms with van der Waals surface area (Å²) in [7, 11) is 0. The number of fused-ring (bicyclic) bond motifs is 1. The van der Waals surface area contributed by atoms with Gasteiger partial charge in [-0.05, 0) is 36.4 Å². The van der Waals surface area contributed by atoms with Gasteiger partial charge in [0.25, 0.3) is 11.8 Å². The van der Waals surface area contributed by atoms with Crippen LogP contribution in [0.15, 0.2) is 87.9 Å². The average Bonchev–Trinajstić information content (AvgIpc) is 3.42. The molecule has 0 saturated carbocycles. The Morgan fingerprint density at radius 1 is 0.931 bits per heavy atom. The van der Waals surface area contributed by atoms with E-state index in [0.717, 1.165) is 5.39 Å². The van der Waals surface area contributed by atoms with E-state index in [1.54, 1.807) is 30.5 Å². The van der Waals surface area contributed by atoms with Crippen LogP contribution in [-0.4, -0.2) is 21.0 Å². The molecule has 7 heteroatoms. The van der Waals surface area contributed by atoms with Crippen molar-refractivity contribution in [3.8, 4) is 23.0 Å². The third kappa shape index (κ3) is 3.25. The first-order chi connectivity index (χ1) is 14.3. The fourth-order valence-corrected chi connectivity index (χ4v) is 2.99. The lowest BCUT2D eigenvalue weighted by molar-refractivity contribution is 0.0998. The zero-order chi connectivity index (χ0) is 19.6. The number of amides is 1. The standard InChI is InChI=1S/C22H14N4O3/c27-21(19-13-14-7-1-4-11-18(14)28-19)24-16-9-3-2-8-15(16)22-25-20(26-29-22)17-10-5-6-12-23-17/h1-13H,(H,24,27). The molecule has 0 spiro atoms. The molecule has 3 heterocycles. The van der Waals surface area contributed by atoms with Gasteiger partial charge in [0.05, 0.1) is 11.3 Å². The monoisotopic (exact) mass is 382 g/mol. The summed E-state index contributed by atoms with van der Waals surface area (Å²) in [6.45, 7) is 0. The third-order valence-corrected chi connectivity index (χ3v) is 4.38. The second-order valence-corrected chi connectivity index (χ2v) is 6.29. The molecule has 0 atom stereocenters. The number of rotatable bonds is 4. The van der Waals surface area contributed by atoms with Crippen LogP contribution < -0.4 is 5.32 Å². The van der Waals surface area contributed by atoms with E-state index in [-0.39, 0.29) is 17.6 Å². The van der Waals surface area contributed by atoms with Crippen LogP contribution >= 0.6 is 0 Å². The second-order valence-electron chi connectivity index (χ2n) is 6.29. The maximum atomic E-state index is 12.7. The molecule has 0 bridgehead atoms. The number of nitrogens with one attached hydrogen (secondary N) is 1. The SMILES string of the molecule is O=C(Nc1ccccc1-c1nc(-c2ccccn2)no1)c1cc2ccccc2o1. The molecule has 7 nitrogen and oxygen atoms in total. The minimum absolute atomic E-state index is 0.223. The van der Waals surface area contributed by atoms with Gasteiger partial charge in [-0.1, -0.05) is 41.6 Å². The van der Waals surface area contributed by atoms with Crippen molar-refractivity contribution in [2.45, 2.75) is 0 Å². The smallest absolute Gasteiger partial charge is 0.291 e. The number of hydrogen-bond donors (Lipinski definition) is 1. The van der Waals surface area contributed by atoms with Gasteiger partial charge < -0.3 is 14.3 Å². The average molecular weight is 382 g/mol. The van der Waals surface area contributed by atoms with Crippen LogP contribution in [0.2, 0.25) is 0 Å². The van der Waals surface area contributed by atoms with E-state index >= 15 is 0 Å². The number of carbonyl (C=O) groups excluding carboxylic acids is 1. The van der Waals surface area contributed by atoms with Gasteiger partial charge >= 0.3 is 0 Å². The van der Waals surface area contributed by atoms with Crippen molar-refractivity contribution in [3.63, 3.8) is 0 Å². The summed E-state index contributed by atoms with van der Waals surface area (Å²) < 4.78 is 11.0. The number of carbonyl (C=O) groups is 1. The first kappa shape index (κ1) is 16.9. The maximum Gasteiger partial charge on any atom is 0.291 e. The molecule has 0 aliphatic carbocycles. The predicted octanol–water partition coefficient (Wildman–Crippen LogP) is 4.80. The molecule has 0 aliphatic rings. The fraction of sp³-hybridized carbons (Fsp3) is 0. The van der Waals surface area contributed by atoms with Crippen molar-refractivity contribution in [3.05, 3.63) is 84.8 Å². The van der Waals surface area contributed by atoms with Crippen molar-refractivity contribution >= 4 is 22.6 Å². The number of anilines is 1. The van der Waals surface area contributed by atoms with Crippen LogP contribution in [0.25, 0.3) is 33.9 Å². The number of benzene rings is 2. The lowest BCUT2D eigenvalue weighted by atomic mass is 10.1. The Hall–Kier alpha value is -4.26. The molecule has 5 rings (SSSR count). The highest BCUT2D eigenvalue weighted by atomic mass is 16.5. The summed E-state index contributed by atoms with van der Waals surface area (Å²) in [6, 6.07) is 21.8. The van der Waals surface area contributed by atoms with Gasteiger partial charge in [-0.15, -0.1) is 0 Å². The number of hydrogen-bond acceptors (Lipinski definition) is 6. The van der Waals surface area contributed by atoms with Crippen LogP contribution in [0, 0.1) is 0 Å². The number of para-hydroxylation sites is 2. The van der Waals surface area contributed by atoms with Crippen LogP contribution in [0.1, 0.15) is 10.6 Å². The van der Waals surface area contributed by atoms with Crippen molar-refractivity contribution in [1.82, 2.24) is 15.1 Å². The minimum atomic E-state index is -0.363. The van der Waals surface area contributed by atoms with Crippen LogP contribution in [0.5, 0.6) is 0 Å². The molecule has 1 amide bonds. The number of furan rings is 1. The maximum absolute atomic E-state index is 12.7. The molecular weight excluding hydrogens is 368 g/mol. The molecule has 29 heavy (non-hydrogen) atoms. The van der Waals surface area contributed by atoms with Gasteiger partial charge in [-0.3, -0.25) is 9.78 Å². The first-order valence-electron chi connectivity index (χ1n) is 8.92. The van der Waals surface area contributed by atoms with E-state index in [0.29, 0.717) is 28.4 Å². The zero-order valence-electron chi connectivity index (χ0n) is 15.1. The minimum Gasteiger partial charge on any atom is -0.451 e. The van der Waals surface area contributed by atoms with Gasteiger partial charge in [0.15, 0.2) is 5.76 Å². The van der Waals surface area contributed by atoms with E-state index in [1.807, 2.05) is 48.5 Å². The third-order valence-electron chi connectivity index (χ3n) is 4.38. The van der Waals surface area contributed by atoms with E-state index in [9.17, 15) is 4.79 Å². The van der Waals surface area contributed by atoms with E-state index in [2.05, 4.69) is 20.4 Å².